The van der Waals surface area contributed by atoms with Crippen LogP contribution in [0.4, 0.5) is 0 Å². The van der Waals surface area contributed by atoms with E-state index < -0.39 is 0 Å². The van der Waals surface area contributed by atoms with E-state index in [1.54, 1.807) is 0 Å². The molecule has 0 saturated carbocycles. The molecule has 1 aliphatic rings. The van der Waals surface area contributed by atoms with Gasteiger partial charge >= 0.3 is 0 Å². The van der Waals surface area contributed by atoms with Crippen LogP contribution in [-0.2, 0) is 4.74 Å². The Kier molecular flexibility index (Phi) is 4.17. The van der Waals surface area contributed by atoms with Crippen molar-refractivity contribution in [3.05, 3.63) is 33.8 Å². The van der Waals surface area contributed by atoms with Crippen LogP contribution >= 0.6 is 27.5 Å². The molecule has 0 bridgehead atoms. The molecule has 1 aromatic carbocycles. The molecule has 0 aliphatic carbocycles. The standard InChI is InChI=1S/C14H18BrClO/c1-8-4-5-17-14(8)13(15)11-6-10(3)12(16)7-9(11)2/h6-8,13-14H,4-5H2,1-3H3. The average Bonchev–Trinajstić information content (AvgIpc) is 2.69. The van der Waals surface area contributed by atoms with Crippen LogP contribution in [0.3, 0.4) is 0 Å². The molecule has 1 aliphatic heterocycles. The average molecular weight is 318 g/mol. The van der Waals surface area contributed by atoms with Crippen LogP contribution in [-0.4, -0.2) is 12.7 Å². The first-order valence-electron chi connectivity index (χ1n) is 6.03. The van der Waals surface area contributed by atoms with Crippen molar-refractivity contribution in [2.24, 2.45) is 5.92 Å². The number of hydrogen-bond acceptors (Lipinski definition) is 1. The fraction of sp³-hybridized carbons (Fsp3) is 0.571. The SMILES string of the molecule is Cc1cc(C(Br)C2OCCC2C)c(C)cc1Cl. The Morgan fingerprint density at radius 3 is 2.65 bits per heavy atom. The molecule has 3 atom stereocenters. The van der Waals surface area contributed by atoms with Gasteiger partial charge in [-0.1, -0.05) is 40.5 Å². The van der Waals surface area contributed by atoms with E-state index in [1.165, 1.54) is 11.1 Å². The van der Waals surface area contributed by atoms with Crippen LogP contribution in [0.25, 0.3) is 0 Å². The second-order valence-corrected chi connectivity index (χ2v) is 6.35. The van der Waals surface area contributed by atoms with Crippen molar-refractivity contribution in [3.8, 4) is 0 Å². The molecule has 1 nitrogen and oxygen atoms in total. The summed E-state index contributed by atoms with van der Waals surface area (Å²) < 4.78 is 5.83. The largest absolute Gasteiger partial charge is 0.376 e. The third kappa shape index (κ3) is 2.69. The smallest absolute Gasteiger partial charge is 0.0767 e. The highest BCUT2D eigenvalue weighted by Crippen LogP contribution is 2.39. The van der Waals surface area contributed by atoms with Crippen LogP contribution in [0.2, 0.25) is 5.02 Å². The van der Waals surface area contributed by atoms with E-state index >= 15 is 0 Å². The minimum absolute atomic E-state index is 0.260. The van der Waals surface area contributed by atoms with Crippen molar-refractivity contribution >= 4 is 27.5 Å². The number of hydrogen-bond donors (Lipinski definition) is 0. The van der Waals surface area contributed by atoms with E-state index in [1.807, 2.05) is 13.0 Å². The molecule has 1 saturated heterocycles. The van der Waals surface area contributed by atoms with Gasteiger partial charge in [-0.25, -0.2) is 0 Å². The predicted molar refractivity (Wildman–Crippen MR) is 76.1 cm³/mol. The highest BCUT2D eigenvalue weighted by atomic mass is 79.9. The van der Waals surface area contributed by atoms with Crippen LogP contribution in [0, 0.1) is 19.8 Å². The summed E-state index contributed by atoms with van der Waals surface area (Å²) in [6.07, 6.45) is 1.42. The number of halogens is 2. The van der Waals surface area contributed by atoms with Gasteiger partial charge in [-0.15, -0.1) is 0 Å². The maximum Gasteiger partial charge on any atom is 0.0767 e. The number of benzene rings is 1. The Balaban J connectivity index is 2.30. The zero-order chi connectivity index (χ0) is 12.6. The molecular formula is C14H18BrClO. The van der Waals surface area contributed by atoms with E-state index in [2.05, 4.69) is 35.8 Å². The summed E-state index contributed by atoms with van der Waals surface area (Å²) in [6.45, 7) is 7.28. The molecule has 1 heterocycles. The molecule has 0 N–H and O–H groups in total. The van der Waals surface area contributed by atoms with Crippen molar-refractivity contribution in [1.29, 1.82) is 0 Å². The number of alkyl halides is 1. The fourth-order valence-electron chi connectivity index (χ4n) is 2.37. The van der Waals surface area contributed by atoms with Gasteiger partial charge in [-0.2, -0.15) is 0 Å². The zero-order valence-corrected chi connectivity index (χ0v) is 12.8. The maximum absolute atomic E-state index is 6.13. The summed E-state index contributed by atoms with van der Waals surface area (Å²) in [4.78, 5) is 0.260. The van der Waals surface area contributed by atoms with Crippen molar-refractivity contribution < 1.29 is 4.74 Å². The van der Waals surface area contributed by atoms with Crippen molar-refractivity contribution in [1.82, 2.24) is 0 Å². The van der Waals surface area contributed by atoms with Gasteiger partial charge in [0, 0.05) is 11.6 Å². The Hall–Kier alpha value is -0.0500. The Morgan fingerprint density at radius 1 is 1.35 bits per heavy atom. The first kappa shape index (κ1) is 13.4. The molecular weight excluding hydrogens is 300 g/mol. The number of ether oxygens (including phenoxy) is 1. The Bertz CT molecular complexity index is 419. The normalized spacial score (nSPS) is 26.2. The molecule has 3 unspecified atom stereocenters. The lowest BCUT2D eigenvalue weighted by atomic mass is 9.94. The summed E-state index contributed by atoms with van der Waals surface area (Å²) in [7, 11) is 0. The molecule has 2 rings (SSSR count). The van der Waals surface area contributed by atoms with E-state index in [0.29, 0.717) is 5.92 Å². The van der Waals surface area contributed by atoms with Crippen LogP contribution < -0.4 is 0 Å². The maximum atomic E-state index is 6.13. The molecule has 1 aromatic rings. The predicted octanol–water partition coefficient (Wildman–Crippen LogP) is 4.82. The molecule has 0 spiro atoms. The van der Waals surface area contributed by atoms with Gasteiger partial charge in [0.25, 0.3) is 0 Å². The first-order valence-corrected chi connectivity index (χ1v) is 7.32. The number of rotatable bonds is 2. The van der Waals surface area contributed by atoms with Crippen LogP contribution in [0.5, 0.6) is 0 Å². The van der Waals surface area contributed by atoms with E-state index in [4.69, 9.17) is 16.3 Å². The summed E-state index contributed by atoms with van der Waals surface area (Å²) in [6, 6.07) is 4.21. The second-order valence-electron chi connectivity index (χ2n) is 4.96. The molecule has 0 aromatic heterocycles. The van der Waals surface area contributed by atoms with Crippen molar-refractivity contribution in [2.45, 2.75) is 38.1 Å². The minimum atomic E-state index is 0.260. The van der Waals surface area contributed by atoms with Gasteiger partial charge in [0.05, 0.1) is 10.9 Å². The zero-order valence-electron chi connectivity index (χ0n) is 10.5. The third-order valence-electron chi connectivity index (χ3n) is 3.58. The second kappa shape index (κ2) is 5.29. The van der Waals surface area contributed by atoms with Crippen LogP contribution in [0.1, 0.15) is 34.9 Å². The lowest BCUT2D eigenvalue weighted by Gasteiger charge is -2.23. The van der Waals surface area contributed by atoms with Gasteiger partial charge in [0.1, 0.15) is 0 Å². The highest BCUT2D eigenvalue weighted by Gasteiger charge is 2.32. The molecule has 17 heavy (non-hydrogen) atoms. The van der Waals surface area contributed by atoms with Crippen molar-refractivity contribution in [3.63, 3.8) is 0 Å². The van der Waals surface area contributed by atoms with Crippen LogP contribution in [0.15, 0.2) is 12.1 Å². The monoisotopic (exact) mass is 316 g/mol. The summed E-state index contributed by atoms with van der Waals surface area (Å²) in [5, 5.41) is 0.839. The van der Waals surface area contributed by atoms with E-state index in [-0.39, 0.29) is 10.9 Å². The summed E-state index contributed by atoms with van der Waals surface area (Å²) in [5.74, 6) is 0.606. The van der Waals surface area contributed by atoms with Crippen molar-refractivity contribution in [2.75, 3.05) is 6.61 Å². The third-order valence-corrected chi connectivity index (χ3v) is 5.00. The van der Waals surface area contributed by atoms with Gasteiger partial charge < -0.3 is 4.74 Å². The first-order chi connectivity index (χ1) is 8.00. The lowest BCUT2D eigenvalue weighted by molar-refractivity contribution is 0.0933. The summed E-state index contributed by atoms with van der Waals surface area (Å²) >= 11 is 9.93. The van der Waals surface area contributed by atoms with Gasteiger partial charge in [0.2, 0.25) is 0 Å². The molecule has 0 radical (unpaired) electrons. The van der Waals surface area contributed by atoms with E-state index in [9.17, 15) is 0 Å². The molecule has 1 fully saturated rings. The topological polar surface area (TPSA) is 9.23 Å². The fourth-order valence-corrected chi connectivity index (χ4v) is 3.75. The Labute approximate surface area is 117 Å². The van der Waals surface area contributed by atoms with Gasteiger partial charge in [0.15, 0.2) is 0 Å². The number of aryl methyl sites for hydroxylation is 2. The highest BCUT2D eigenvalue weighted by molar-refractivity contribution is 9.09. The minimum Gasteiger partial charge on any atom is -0.376 e. The lowest BCUT2D eigenvalue weighted by Crippen LogP contribution is -2.19. The van der Waals surface area contributed by atoms with E-state index in [0.717, 1.165) is 23.6 Å². The van der Waals surface area contributed by atoms with Gasteiger partial charge in [-0.3, -0.25) is 0 Å². The summed E-state index contributed by atoms with van der Waals surface area (Å²) in [5.41, 5.74) is 3.65. The molecule has 0 amide bonds. The molecule has 94 valence electrons. The Morgan fingerprint density at radius 2 is 2.06 bits per heavy atom. The van der Waals surface area contributed by atoms with Gasteiger partial charge in [-0.05, 0) is 48.9 Å². The quantitative estimate of drug-likeness (QED) is 0.711. The molecule has 3 heteroatoms.